The summed E-state index contributed by atoms with van der Waals surface area (Å²) in [6.45, 7) is 1.83. The Hall–Kier alpha value is -1.49. The summed E-state index contributed by atoms with van der Waals surface area (Å²) < 4.78 is 9.21. The topological polar surface area (TPSA) is 76.7 Å². The van der Waals surface area contributed by atoms with Crippen LogP contribution in [0.3, 0.4) is 0 Å². The summed E-state index contributed by atoms with van der Waals surface area (Å²) in [6.07, 6.45) is 2.05. The highest BCUT2D eigenvalue weighted by Gasteiger charge is 2.19. The van der Waals surface area contributed by atoms with Gasteiger partial charge in [0.2, 0.25) is 0 Å². The van der Waals surface area contributed by atoms with Crippen LogP contribution in [0, 0.1) is 0 Å². The van der Waals surface area contributed by atoms with Crippen LogP contribution in [0.25, 0.3) is 0 Å². The first kappa shape index (κ1) is 12.5. The smallest absolute Gasteiger partial charge is 0.342 e. The first-order valence-electron chi connectivity index (χ1n) is 3.63. The highest BCUT2D eigenvalue weighted by Crippen LogP contribution is 2.11. The molecule has 0 saturated carbocycles. The molecule has 1 aromatic heterocycles. The minimum Gasteiger partial charge on any atom is -0.478 e. The van der Waals surface area contributed by atoms with Gasteiger partial charge in [-0.15, -0.1) is 12.4 Å². The van der Waals surface area contributed by atoms with Gasteiger partial charge in [-0.3, -0.25) is 0 Å². The summed E-state index contributed by atoms with van der Waals surface area (Å²) in [6, 6.07) is 0. The molecule has 0 unspecified atom stereocenters. The highest BCUT2D eigenvalue weighted by molar-refractivity contribution is 6.01. The van der Waals surface area contributed by atoms with Gasteiger partial charge in [0.15, 0.2) is 0 Å². The third-order valence-corrected chi connectivity index (χ3v) is 1.39. The van der Waals surface area contributed by atoms with Gasteiger partial charge in [-0.2, -0.15) is 0 Å². The molecule has 6 heteroatoms. The number of furan rings is 1. The number of ether oxygens (including phenoxy) is 1. The summed E-state index contributed by atoms with van der Waals surface area (Å²) in [7, 11) is 0. The molecule has 78 valence electrons. The molecule has 1 aromatic rings. The van der Waals surface area contributed by atoms with Gasteiger partial charge in [0.05, 0.1) is 6.61 Å². The zero-order valence-corrected chi connectivity index (χ0v) is 8.17. The molecule has 0 atom stereocenters. The zero-order valence-electron chi connectivity index (χ0n) is 7.35. The number of aromatic carboxylic acids is 1. The molecule has 0 radical (unpaired) electrons. The number of carbonyl (C=O) groups excluding carboxylic acids is 1. The minimum atomic E-state index is -1.21. The number of halogens is 1. The lowest BCUT2D eigenvalue weighted by Crippen LogP contribution is -2.08. The van der Waals surface area contributed by atoms with Gasteiger partial charge < -0.3 is 14.3 Å². The molecule has 0 amide bonds. The molecule has 0 saturated heterocycles. The quantitative estimate of drug-likeness (QED) is 0.783. The summed E-state index contributed by atoms with van der Waals surface area (Å²) in [5.41, 5.74) is -0.243. The lowest BCUT2D eigenvalue weighted by molar-refractivity contribution is 0.0515. The van der Waals surface area contributed by atoms with E-state index in [0.717, 1.165) is 12.5 Å². The minimum absolute atomic E-state index is 0. The van der Waals surface area contributed by atoms with Gasteiger partial charge >= 0.3 is 11.9 Å². The molecule has 0 aliphatic heterocycles. The Morgan fingerprint density at radius 1 is 1.43 bits per heavy atom. The second-order valence-corrected chi connectivity index (χ2v) is 2.22. The summed E-state index contributed by atoms with van der Waals surface area (Å²) >= 11 is 0. The van der Waals surface area contributed by atoms with Gasteiger partial charge in [0.1, 0.15) is 23.7 Å². The van der Waals surface area contributed by atoms with Crippen LogP contribution in [0.5, 0.6) is 0 Å². The number of hydrogen-bond donors (Lipinski definition) is 1. The molecule has 1 rings (SSSR count). The number of carboxylic acids is 1. The maximum Gasteiger partial charge on any atom is 0.342 e. The molecular formula is C8H9ClO5. The highest BCUT2D eigenvalue weighted by atomic mass is 35.5. The third kappa shape index (κ3) is 2.50. The molecule has 0 aromatic carbocycles. The van der Waals surface area contributed by atoms with E-state index in [4.69, 9.17) is 5.11 Å². The van der Waals surface area contributed by atoms with E-state index in [2.05, 4.69) is 9.15 Å². The van der Waals surface area contributed by atoms with Crippen LogP contribution in [0.2, 0.25) is 0 Å². The van der Waals surface area contributed by atoms with Crippen LogP contribution in [-0.4, -0.2) is 23.7 Å². The van der Waals surface area contributed by atoms with E-state index in [0.29, 0.717) is 0 Å². The Kier molecular flexibility index (Phi) is 4.72. The molecule has 1 N–H and O–H groups in total. The Balaban J connectivity index is 0.00000169. The van der Waals surface area contributed by atoms with E-state index in [-0.39, 0.29) is 30.1 Å². The second kappa shape index (κ2) is 5.29. The number of hydrogen-bond acceptors (Lipinski definition) is 4. The third-order valence-electron chi connectivity index (χ3n) is 1.39. The van der Waals surface area contributed by atoms with E-state index in [1.54, 1.807) is 6.92 Å². The summed E-state index contributed by atoms with van der Waals surface area (Å²) in [4.78, 5) is 21.6. The van der Waals surface area contributed by atoms with Gasteiger partial charge in [-0.1, -0.05) is 0 Å². The van der Waals surface area contributed by atoms with Crippen LogP contribution >= 0.6 is 12.4 Å². The molecule has 0 aliphatic rings. The van der Waals surface area contributed by atoms with Crippen molar-refractivity contribution in [2.45, 2.75) is 6.92 Å². The number of carboxylic acid groups (broad SMARTS) is 1. The molecule has 1 heterocycles. The van der Waals surface area contributed by atoms with Crippen molar-refractivity contribution in [3.8, 4) is 0 Å². The second-order valence-electron chi connectivity index (χ2n) is 2.22. The van der Waals surface area contributed by atoms with Crippen molar-refractivity contribution in [2.75, 3.05) is 6.61 Å². The Morgan fingerprint density at radius 3 is 2.50 bits per heavy atom. The average Bonchev–Trinajstić information content (AvgIpc) is 2.52. The SMILES string of the molecule is CCOC(=O)c1cocc1C(=O)O.Cl. The first-order valence-corrected chi connectivity index (χ1v) is 3.63. The molecule has 0 spiro atoms. The maximum absolute atomic E-state index is 11.1. The van der Waals surface area contributed by atoms with Crippen LogP contribution in [0.4, 0.5) is 0 Å². The van der Waals surface area contributed by atoms with Crippen molar-refractivity contribution >= 4 is 24.3 Å². The number of rotatable bonds is 3. The van der Waals surface area contributed by atoms with E-state index >= 15 is 0 Å². The molecule has 0 fully saturated rings. The van der Waals surface area contributed by atoms with Crippen molar-refractivity contribution < 1.29 is 23.8 Å². The standard InChI is InChI=1S/C8H8O5.ClH/c1-2-13-8(11)6-4-12-3-5(6)7(9)10;/h3-4H,2H2,1H3,(H,9,10);1H. The average molecular weight is 221 g/mol. The summed E-state index contributed by atoms with van der Waals surface area (Å²) in [5, 5.41) is 8.60. The molecule has 0 aliphatic carbocycles. The molecule has 5 nitrogen and oxygen atoms in total. The largest absolute Gasteiger partial charge is 0.478 e. The molecular weight excluding hydrogens is 212 g/mol. The van der Waals surface area contributed by atoms with Crippen LogP contribution in [0.15, 0.2) is 16.9 Å². The fraction of sp³-hybridized carbons (Fsp3) is 0.250. The monoisotopic (exact) mass is 220 g/mol. The van der Waals surface area contributed by atoms with E-state index in [1.807, 2.05) is 0 Å². The van der Waals surface area contributed by atoms with Crippen LogP contribution < -0.4 is 0 Å². The van der Waals surface area contributed by atoms with Crippen molar-refractivity contribution in [3.05, 3.63) is 23.7 Å². The number of esters is 1. The normalized spacial score (nSPS) is 8.93. The lowest BCUT2D eigenvalue weighted by atomic mass is 10.2. The zero-order chi connectivity index (χ0) is 9.84. The first-order chi connectivity index (χ1) is 6.16. The van der Waals surface area contributed by atoms with Crippen molar-refractivity contribution in [1.29, 1.82) is 0 Å². The lowest BCUT2D eigenvalue weighted by Gasteiger charge is -1.98. The Morgan fingerprint density at radius 2 is 2.00 bits per heavy atom. The van der Waals surface area contributed by atoms with Crippen LogP contribution in [-0.2, 0) is 4.74 Å². The van der Waals surface area contributed by atoms with E-state index in [1.165, 1.54) is 0 Å². The van der Waals surface area contributed by atoms with E-state index in [9.17, 15) is 9.59 Å². The molecule has 0 bridgehead atoms. The fourth-order valence-electron chi connectivity index (χ4n) is 0.830. The van der Waals surface area contributed by atoms with Gasteiger partial charge in [0, 0.05) is 0 Å². The predicted octanol–water partition coefficient (Wildman–Crippen LogP) is 1.58. The van der Waals surface area contributed by atoms with Gasteiger partial charge in [0.25, 0.3) is 0 Å². The number of carbonyl (C=O) groups is 2. The maximum atomic E-state index is 11.1. The fourth-order valence-corrected chi connectivity index (χ4v) is 0.830. The van der Waals surface area contributed by atoms with Gasteiger partial charge in [-0.25, -0.2) is 9.59 Å². The predicted molar refractivity (Wildman–Crippen MR) is 48.9 cm³/mol. The summed E-state index contributed by atoms with van der Waals surface area (Å²) in [5.74, 6) is -1.90. The van der Waals surface area contributed by atoms with Crippen molar-refractivity contribution in [2.24, 2.45) is 0 Å². The van der Waals surface area contributed by atoms with Crippen molar-refractivity contribution in [1.82, 2.24) is 0 Å². The molecule has 14 heavy (non-hydrogen) atoms. The Bertz CT molecular complexity index is 330. The van der Waals surface area contributed by atoms with Gasteiger partial charge in [-0.05, 0) is 6.92 Å². The van der Waals surface area contributed by atoms with E-state index < -0.39 is 11.9 Å². The van der Waals surface area contributed by atoms with Crippen molar-refractivity contribution in [3.63, 3.8) is 0 Å². The van der Waals surface area contributed by atoms with Crippen LogP contribution in [0.1, 0.15) is 27.6 Å². The Labute approximate surface area is 86.1 Å².